The SMILES string of the molecule is CCCCNC(=O)[C@H](C)N(Cc1ccc(Cl)cc1)C(=O)CN(c1ccc(Br)cc1)S(=O)(=O)c1ccc(C)cc1. The molecule has 10 heteroatoms. The molecule has 2 amide bonds. The van der Waals surface area contributed by atoms with E-state index in [9.17, 15) is 18.0 Å². The molecule has 0 saturated carbocycles. The van der Waals surface area contributed by atoms with Gasteiger partial charge in [0.15, 0.2) is 0 Å². The Morgan fingerprint density at radius 2 is 1.59 bits per heavy atom. The highest BCUT2D eigenvalue weighted by atomic mass is 79.9. The van der Waals surface area contributed by atoms with Crippen LogP contribution in [0.1, 0.15) is 37.8 Å². The van der Waals surface area contributed by atoms with Gasteiger partial charge in [-0.25, -0.2) is 8.42 Å². The summed E-state index contributed by atoms with van der Waals surface area (Å²) in [7, 11) is -4.10. The van der Waals surface area contributed by atoms with Gasteiger partial charge in [-0.1, -0.05) is 70.7 Å². The lowest BCUT2D eigenvalue weighted by Crippen LogP contribution is -2.51. The number of amides is 2. The van der Waals surface area contributed by atoms with E-state index in [0.29, 0.717) is 17.3 Å². The number of nitrogens with zero attached hydrogens (tertiary/aromatic N) is 2. The van der Waals surface area contributed by atoms with Crippen LogP contribution in [-0.2, 0) is 26.2 Å². The summed E-state index contributed by atoms with van der Waals surface area (Å²) in [5, 5.41) is 3.42. The first kappa shape index (κ1) is 30.7. The zero-order chi connectivity index (χ0) is 28.6. The molecule has 208 valence electrons. The maximum absolute atomic E-state index is 13.9. The molecule has 0 aromatic heterocycles. The molecule has 0 radical (unpaired) electrons. The smallest absolute Gasteiger partial charge is 0.264 e. The first-order valence-electron chi connectivity index (χ1n) is 12.7. The zero-order valence-electron chi connectivity index (χ0n) is 22.2. The molecule has 0 heterocycles. The van der Waals surface area contributed by atoms with Crippen molar-refractivity contribution in [1.29, 1.82) is 0 Å². The molecule has 0 aliphatic heterocycles. The van der Waals surface area contributed by atoms with Crippen LogP contribution in [0.2, 0.25) is 5.02 Å². The molecule has 0 spiro atoms. The molecular formula is C29H33BrClN3O4S. The number of aryl methyl sites for hydroxylation is 1. The third-order valence-electron chi connectivity index (χ3n) is 6.27. The molecule has 0 fully saturated rings. The van der Waals surface area contributed by atoms with E-state index in [4.69, 9.17) is 11.6 Å². The van der Waals surface area contributed by atoms with Crippen LogP contribution in [0.5, 0.6) is 0 Å². The summed E-state index contributed by atoms with van der Waals surface area (Å²) in [6.45, 7) is 5.66. The number of benzene rings is 3. The lowest BCUT2D eigenvalue weighted by atomic mass is 10.1. The Hall–Kier alpha value is -2.88. The predicted molar refractivity (Wildman–Crippen MR) is 159 cm³/mol. The summed E-state index contributed by atoms with van der Waals surface area (Å²) in [5.74, 6) is -0.816. The first-order valence-corrected chi connectivity index (χ1v) is 15.3. The Bertz CT molecular complexity index is 1370. The van der Waals surface area contributed by atoms with E-state index in [0.717, 1.165) is 32.7 Å². The Kier molecular flexibility index (Phi) is 11.0. The van der Waals surface area contributed by atoms with Crippen molar-refractivity contribution in [3.8, 4) is 0 Å². The minimum absolute atomic E-state index is 0.0680. The summed E-state index contributed by atoms with van der Waals surface area (Å²) in [4.78, 5) is 28.3. The Morgan fingerprint density at radius 1 is 0.974 bits per heavy atom. The van der Waals surface area contributed by atoms with Gasteiger partial charge in [-0.3, -0.25) is 13.9 Å². The molecule has 3 rings (SSSR count). The Morgan fingerprint density at radius 3 is 2.18 bits per heavy atom. The van der Waals surface area contributed by atoms with Crippen LogP contribution < -0.4 is 9.62 Å². The van der Waals surface area contributed by atoms with Crippen molar-refractivity contribution in [2.45, 2.75) is 51.1 Å². The molecular weight excluding hydrogens is 602 g/mol. The normalized spacial score (nSPS) is 12.0. The highest BCUT2D eigenvalue weighted by molar-refractivity contribution is 9.10. The van der Waals surface area contributed by atoms with Gasteiger partial charge in [0.05, 0.1) is 10.6 Å². The zero-order valence-corrected chi connectivity index (χ0v) is 25.4. The number of halogens is 2. The van der Waals surface area contributed by atoms with Gasteiger partial charge in [-0.05, 0) is 74.4 Å². The fraction of sp³-hybridized carbons (Fsp3) is 0.310. The number of carbonyl (C=O) groups is 2. The largest absolute Gasteiger partial charge is 0.354 e. The average molecular weight is 635 g/mol. The summed E-state index contributed by atoms with van der Waals surface area (Å²) >= 11 is 9.42. The quantitative estimate of drug-likeness (QED) is 0.250. The van der Waals surface area contributed by atoms with Crippen LogP contribution in [-0.4, -0.2) is 44.3 Å². The summed E-state index contributed by atoms with van der Waals surface area (Å²) in [5.41, 5.74) is 2.01. The van der Waals surface area contributed by atoms with Crippen molar-refractivity contribution >= 4 is 55.1 Å². The van der Waals surface area contributed by atoms with Crippen LogP contribution in [0.4, 0.5) is 5.69 Å². The fourth-order valence-electron chi connectivity index (χ4n) is 3.88. The van der Waals surface area contributed by atoms with Gasteiger partial charge in [0.2, 0.25) is 11.8 Å². The van der Waals surface area contributed by atoms with Gasteiger partial charge >= 0.3 is 0 Å². The number of nitrogens with one attached hydrogen (secondary N) is 1. The number of anilines is 1. The van der Waals surface area contributed by atoms with Crippen LogP contribution in [0.15, 0.2) is 82.2 Å². The molecule has 3 aromatic rings. The van der Waals surface area contributed by atoms with Crippen molar-refractivity contribution in [2.75, 3.05) is 17.4 Å². The second-order valence-electron chi connectivity index (χ2n) is 9.27. The van der Waals surface area contributed by atoms with Gasteiger partial charge in [-0.2, -0.15) is 0 Å². The van der Waals surface area contributed by atoms with Crippen molar-refractivity contribution < 1.29 is 18.0 Å². The second kappa shape index (κ2) is 14.0. The van der Waals surface area contributed by atoms with Crippen molar-refractivity contribution in [2.24, 2.45) is 0 Å². The van der Waals surface area contributed by atoms with E-state index in [-0.39, 0.29) is 17.3 Å². The van der Waals surface area contributed by atoms with Gasteiger partial charge in [0.25, 0.3) is 10.0 Å². The molecule has 1 N–H and O–H groups in total. The van der Waals surface area contributed by atoms with E-state index < -0.39 is 28.5 Å². The molecule has 7 nitrogen and oxygen atoms in total. The maximum Gasteiger partial charge on any atom is 0.264 e. The minimum atomic E-state index is -4.10. The maximum atomic E-state index is 13.9. The summed E-state index contributed by atoms with van der Waals surface area (Å²) in [6.07, 6.45) is 1.73. The van der Waals surface area contributed by atoms with Crippen molar-refractivity contribution in [3.63, 3.8) is 0 Å². The molecule has 3 aromatic carbocycles. The fourth-order valence-corrected chi connectivity index (χ4v) is 5.68. The van der Waals surface area contributed by atoms with Gasteiger partial charge in [0.1, 0.15) is 12.6 Å². The van der Waals surface area contributed by atoms with Gasteiger partial charge < -0.3 is 10.2 Å². The highest BCUT2D eigenvalue weighted by Crippen LogP contribution is 2.26. The van der Waals surface area contributed by atoms with Crippen LogP contribution >= 0.6 is 27.5 Å². The van der Waals surface area contributed by atoms with Crippen LogP contribution in [0.3, 0.4) is 0 Å². The van der Waals surface area contributed by atoms with Gasteiger partial charge in [0, 0.05) is 22.6 Å². The van der Waals surface area contributed by atoms with Gasteiger partial charge in [-0.15, -0.1) is 0 Å². The Balaban J connectivity index is 1.98. The number of hydrogen-bond acceptors (Lipinski definition) is 4. The Labute approximate surface area is 244 Å². The number of carbonyl (C=O) groups excluding carboxylic acids is 2. The van der Waals surface area contributed by atoms with Crippen LogP contribution in [0, 0.1) is 6.92 Å². The lowest BCUT2D eigenvalue weighted by Gasteiger charge is -2.32. The van der Waals surface area contributed by atoms with E-state index in [1.807, 2.05) is 13.8 Å². The van der Waals surface area contributed by atoms with E-state index in [1.165, 1.54) is 17.0 Å². The molecule has 0 unspecified atom stereocenters. The van der Waals surface area contributed by atoms with E-state index >= 15 is 0 Å². The molecule has 39 heavy (non-hydrogen) atoms. The number of rotatable bonds is 12. The number of sulfonamides is 1. The topological polar surface area (TPSA) is 86.8 Å². The van der Waals surface area contributed by atoms with Crippen LogP contribution in [0.25, 0.3) is 0 Å². The molecule has 1 atom stereocenters. The standard InChI is InChI=1S/C29H33BrClN3O4S/c1-4-5-18-32-29(36)22(3)33(19-23-8-12-25(31)13-9-23)28(35)20-34(26-14-10-24(30)11-15-26)39(37,38)27-16-6-21(2)7-17-27/h6-17,22H,4-5,18-20H2,1-3H3,(H,32,36)/t22-/m0/s1. The minimum Gasteiger partial charge on any atom is -0.354 e. The molecule has 0 aliphatic rings. The molecule has 0 saturated heterocycles. The predicted octanol–water partition coefficient (Wildman–Crippen LogP) is 5.94. The molecule has 0 aliphatic carbocycles. The summed E-state index contributed by atoms with van der Waals surface area (Å²) < 4.78 is 29.5. The monoisotopic (exact) mass is 633 g/mol. The third-order valence-corrected chi connectivity index (χ3v) is 8.83. The van der Waals surface area contributed by atoms with Crippen molar-refractivity contribution in [3.05, 3.63) is 93.4 Å². The number of hydrogen-bond donors (Lipinski definition) is 1. The van der Waals surface area contributed by atoms with E-state index in [2.05, 4.69) is 21.2 Å². The molecule has 0 bridgehead atoms. The average Bonchev–Trinajstić information content (AvgIpc) is 2.91. The van der Waals surface area contributed by atoms with E-state index in [1.54, 1.807) is 67.6 Å². The second-order valence-corrected chi connectivity index (χ2v) is 12.5. The highest BCUT2D eigenvalue weighted by Gasteiger charge is 2.32. The number of unbranched alkanes of at least 4 members (excludes halogenated alkanes) is 1. The third kappa shape index (κ3) is 8.30. The first-order chi connectivity index (χ1) is 18.5. The summed E-state index contributed by atoms with van der Waals surface area (Å²) in [6, 6.07) is 19.3. The lowest BCUT2D eigenvalue weighted by molar-refractivity contribution is -0.139. The van der Waals surface area contributed by atoms with Crippen molar-refractivity contribution in [1.82, 2.24) is 10.2 Å².